The summed E-state index contributed by atoms with van der Waals surface area (Å²) in [7, 11) is 0. The van der Waals surface area contributed by atoms with Crippen molar-refractivity contribution in [2.24, 2.45) is 5.92 Å². The number of hydrogen-bond donors (Lipinski definition) is 2. The second-order valence-corrected chi connectivity index (χ2v) is 7.40. The Morgan fingerprint density at radius 3 is 3.00 bits per heavy atom. The van der Waals surface area contributed by atoms with Gasteiger partial charge in [-0.2, -0.15) is 0 Å². The summed E-state index contributed by atoms with van der Waals surface area (Å²) in [5, 5.41) is 13.2. The first kappa shape index (κ1) is 16.0. The zero-order valence-corrected chi connectivity index (χ0v) is 13.4. The number of aliphatic hydroxyl groups excluding tert-OH is 1. The van der Waals surface area contributed by atoms with E-state index in [1.165, 1.54) is 22.6 Å². The Kier molecular flexibility index (Phi) is 6.49. The normalized spacial score (nSPS) is 24.8. The molecular weight excluding hydrogens is 270 g/mol. The van der Waals surface area contributed by atoms with Gasteiger partial charge in [0.2, 0.25) is 0 Å². The van der Waals surface area contributed by atoms with Crippen LogP contribution in [0.2, 0.25) is 0 Å². The Balaban J connectivity index is 1.57. The Labute approximate surface area is 126 Å². The summed E-state index contributed by atoms with van der Waals surface area (Å²) < 4.78 is 5.83. The highest BCUT2D eigenvalue weighted by molar-refractivity contribution is 7.11. The minimum Gasteiger partial charge on any atom is -0.389 e. The van der Waals surface area contributed by atoms with E-state index < -0.39 is 6.10 Å². The fourth-order valence-corrected chi connectivity index (χ4v) is 3.64. The molecule has 0 spiro atoms. The van der Waals surface area contributed by atoms with Gasteiger partial charge >= 0.3 is 0 Å². The van der Waals surface area contributed by atoms with Crippen LogP contribution in [0.3, 0.4) is 0 Å². The van der Waals surface area contributed by atoms with Crippen LogP contribution in [0.4, 0.5) is 0 Å². The van der Waals surface area contributed by atoms with Crippen LogP contribution >= 0.6 is 11.3 Å². The molecule has 0 bridgehead atoms. The lowest BCUT2D eigenvalue weighted by molar-refractivity contribution is -0.0306. The van der Waals surface area contributed by atoms with Crippen LogP contribution < -0.4 is 5.32 Å². The third kappa shape index (κ3) is 5.52. The van der Waals surface area contributed by atoms with Crippen LogP contribution in [0, 0.1) is 12.8 Å². The molecule has 3 atom stereocenters. The SMILES string of the molecule is Cc1ccc(CNCC(O)COC2CCCC(C)C2)s1. The van der Waals surface area contributed by atoms with Gasteiger partial charge in [0.25, 0.3) is 0 Å². The Bertz CT molecular complexity index is 394. The van der Waals surface area contributed by atoms with Crippen LogP contribution in [-0.4, -0.2) is 30.5 Å². The van der Waals surface area contributed by atoms with Crippen molar-refractivity contribution in [2.45, 2.75) is 58.3 Å². The number of aliphatic hydroxyl groups is 1. The number of aryl methyl sites for hydroxylation is 1. The number of ether oxygens (including phenoxy) is 1. The maximum Gasteiger partial charge on any atom is 0.0897 e. The summed E-state index contributed by atoms with van der Waals surface area (Å²) in [6.07, 6.45) is 4.83. The van der Waals surface area contributed by atoms with Crippen molar-refractivity contribution in [3.05, 3.63) is 21.9 Å². The van der Waals surface area contributed by atoms with Gasteiger partial charge in [0.1, 0.15) is 0 Å². The summed E-state index contributed by atoms with van der Waals surface area (Å²) in [5.74, 6) is 0.770. The molecule has 1 aliphatic carbocycles. The second-order valence-electron chi connectivity index (χ2n) is 6.02. The van der Waals surface area contributed by atoms with Crippen LogP contribution in [0.1, 0.15) is 42.4 Å². The lowest BCUT2D eigenvalue weighted by Gasteiger charge is -2.27. The Morgan fingerprint density at radius 2 is 2.30 bits per heavy atom. The predicted octanol–water partition coefficient (Wildman–Crippen LogP) is 3.10. The average Bonchev–Trinajstić information content (AvgIpc) is 2.82. The van der Waals surface area contributed by atoms with Crippen molar-refractivity contribution in [1.82, 2.24) is 5.32 Å². The van der Waals surface area contributed by atoms with E-state index in [9.17, 15) is 5.11 Å². The molecule has 1 aliphatic rings. The van der Waals surface area contributed by atoms with Crippen molar-refractivity contribution in [1.29, 1.82) is 0 Å². The zero-order valence-electron chi connectivity index (χ0n) is 12.6. The highest BCUT2D eigenvalue weighted by Crippen LogP contribution is 2.25. The van der Waals surface area contributed by atoms with Gasteiger partial charge in [0, 0.05) is 22.8 Å². The van der Waals surface area contributed by atoms with Crippen LogP contribution in [-0.2, 0) is 11.3 Å². The van der Waals surface area contributed by atoms with E-state index in [0.29, 0.717) is 19.3 Å². The second kappa shape index (κ2) is 8.13. The van der Waals surface area contributed by atoms with Crippen molar-refractivity contribution in [3.8, 4) is 0 Å². The lowest BCUT2D eigenvalue weighted by Crippen LogP contribution is -2.32. The van der Waals surface area contributed by atoms with E-state index in [4.69, 9.17) is 4.74 Å². The molecule has 3 unspecified atom stereocenters. The topological polar surface area (TPSA) is 41.5 Å². The Morgan fingerprint density at radius 1 is 1.45 bits per heavy atom. The molecule has 0 saturated heterocycles. The van der Waals surface area contributed by atoms with Crippen molar-refractivity contribution in [2.75, 3.05) is 13.2 Å². The fourth-order valence-electron chi connectivity index (χ4n) is 2.78. The van der Waals surface area contributed by atoms with Gasteiger partial charge in [0.15, 0.2) is 0 Å². The third-order valence-electron chi connectivity index (χ3n) is 3.89. The van der Waals surface area contributed by atoms with Crippen molar-refractivity contribution < 1.29 is 9.84 Å². The Hall–Kier alpha value is -0.420. The summed E-state index contributed by atoms with van der Waals surface area (Å²) >= 11 is 1.80. The van der Waals surface area contributed by atoms with E-state index in [-0.39, 0.29) is 0 Å². The molecule has 3 nitrogen and oxygen atoms in total. The van der Waals surface area contributed by atoms with Gasteiger partial charge < -0.3 is 15.2 Å². The maximum atomic E-state index is 9.94. The minimum atomic E-state index is -0.409. The molecule has 1 fully saturated rings. The van der Waals surface area contributed by atoms with E-state index in [0.717, 1.165) is 25.3 Å². The van der Waals surface area contributed by atoms with Gasteiger partial charge in [-0.1, -0.05) is 19.8 Å². The summed E-state index contributed by atoms with van der Waals surface area (Å²) in [6, 6.07) is 4.27. The third-order valence-corrected chi connectivity index (χ3v) is 4.89. The molecule has 1 heterocycles. The molecule has 4 heteroatoms. The smallest absolute Gasteiger partial charge is 0.0897 e. The number of nitrogens with one attached hydrogen (secondary N) is 1. The predicted molar refractivity (Wildman–Crippen MR) is 84.1 cm³/mol. The van der Waals surface area contributed by atoms with Crippen molar-refractivity contribution >= 4 is 11.3 Å². The van der Waals surface area contributed by atoms with Crippen molar-refractivity contribution in [3.63, 3.8) is 0 Å². The van der Waals surface area contributed by atoms with Gasteiger partial charge in [0.05, 0.1) is 18.8 Å². The minimum absolute atomic E-state index is 0.355. The highest BCUT2D eigenvalue weighted by atomic mass is 32.1. The zero-order chi connectivity index (χ0) is 14.4. The molecule has 20 heavy (non-hydrogen) atoms. The van der Waals surface area contributed by atoms with E-state index >= 15 is 0 Å². The summed E-state index contributed by atoms with van der Waals surface area (Å²) in [4.78, 5) is 2.65. The molecule has 1 aromatic rings. The first-order valence-corrected chi connectivity index (χ1v) is 8.51. The number of hydrogen-bond acceptors (Lipinski definition) is 4. The van der Waals surface area contributed by atoms with E-state index in [1.807, 2.05) is 0 Å². The largest absolute Gasteiger partial charge is 0.389 e. The van der Waals surface area contributed by atoms with Gasteiger partial charge in [-0.25, -0.2) is 0 Å². The first-order chi connectivity index (χ1) is 9.63. The summed E-state index contributed by atoms with van der Waals surface area (Å²) in [6.45, 7) is 6.28. The maximum absolute atomic E-state index is 9.94. The molecule has 2 rings (SSSR count). The van der Waals surface area contributed by atoms with E-state index in [1.54, 1.807) is 11.3 Å². The quantitative estimate of drug-likeness (QED) is 0.812. The standard InChI is InChI=1S/C16H27NO2S/c1-12-4-3-5-15(8-12)19-11-14(18)9-17-10-16-7-6-13(2)20-16/h6-7,12,14-15,17-18H,3-5,8-11H2,1-2H3. The molecule has 0 amide bonds. The monoisotopic (exact) mass is 297 g/mol. The number of thiophene rings is 1. The average molecular weight is 297 g/mol. The lowest BCUT2D eigenvalue weighted by atomic mass is 9.89. The summed E-state index contributed by atoms with van der Waals surface area (Å²) in [5.41, 5.74) is 0. The molecule has 0 radical (unpaired) electrons. The number of rotatable bonds is 7. The van der Waals surface area contributed by atoms with Gasteiger partial charge in [-0.15, -0.1) is 11.3 Å². The fraction of sp³-hybridized carbons (Fsp3) is 0.750. The first-order valence-electron chi connectivity index (χ1n) is 7.69. The molecule has 1 saturated carbocycles. The van der Waals surface area contributed by atoms with Gasteiger partial charge in [-0.05, 0) is 37.8 Å². The highest BCUT2D eigenvalue weighted by Gasteiger charge is 2.20. The van der Waals surface area contributed by atoms with Crippen LogP contribution in [0.25, 0.3) is 0 Å². The molecule has 1 aromatic heterocycles. The molecule has 0 aliphatic heterocycles. The molecule has 0 aromatic carbocycles. The van der Waals surface area contributed by atoms with E-state index in [2.05, 4.69) is 31.3 Å². The molecular formula is C16H27NO2S. The van der Waals surface area contributed by atoms with Crippen LogP contribution in [0.5, 0.6) is 0 Å². The van der Waals surface area contributed by atoms with Gasteiger partial charge in [-0.3, -0.25) is 0 Å². The molecule has 114 valence electrons. The molecule has 2 N–H and O–H groups in total. The van der Waals surface area contributed by atoms with Crippen LogP contribution in [0.15, 0.2) is 12.1 Å².